The number of hydrogen-bond acceptors (Lipinski definition) is 2. The van der Waals surface area contributed by atoms with Crippen molar-refractivity contribution in [3.63, 3.8) is 0 Å². The van der Waals surface area contributed by atoms with Crippen molar-refractivity contribution in [2.24, 2.45) is 5.92 Å². The molecular weight excluding hydrogens is 228 g/mol. The maximum absolute atomic E-state index is 10.7. The van der Waals surface area contributed by atoms with Crippen molar-refractivity contribution >= 4 is 17.6 Å². The van der Waals surface area contributed by atoms with Crippen molar-refractivity contribution in [2.75, 3.05) is 6.61 Å². The monoisotopic (exact) mass is 240 g/mol. The van der Waals surface area contributed by atoms with Gasteiger partial charge in [-0.3, -0.25) is 0 Å². The molecule has 16 heavy (non-hydrogen) atoms. The molecule has 1 aromatic rings. The van der Waals surface area contributed by atoms with Gasteiger partial charge < -0.3 is 9.84 Å². The Hall–Kier alpha value is -1.06. The van der Waals surface area contributed by atoms with Crippen LogP contribution in [0, 0.1) is 5.92 Å². The van der Waals surface area contributed by atoms with Crippen LogP contribution in [-0.2, 0) is 11.3 Å². The van der Waals surface area contributed by atoms with Crippen LogP contribution >= 0.6 is 11.6 Å². The van der Waals surface area contributed by atoms with E-state index in [1.54, 1.807) is 12.1 Å². The van der Waals surface area contributed by atoms with Crippen LogP contribution in [0.2, 0.25) is 5.02 Å². The van der Waals surface area contributed by atoms with E-state index < -0.39 is 5.97 Å². The maximum atomic E-state index is 10.7. The number of carbonyl (C=O) groups is 1. The molecule has 0 bridgehead atoms. The summed E-state index contributed by atoms with van der Waals surface area (Å²) in [6.07, 6.45) is 2.51. The summed E-state index contributed by atoms with van der Waals surface area (Å²) in [7, 11) is 0. The molecule has 0 heterocycles. The zero-order valence-corrected chi connectivity index (χ0v) is 9.54. The molecule has 0 atom stereocenters. The second-order valence-electron chi connectivity index (χ2n) is 4.07. The molecule has 0 aromatic heterocycles. The summed E-state index contributed by atoms with van der Waals surface area (Å²) in [6, 6.07) is 4.71. The van der Waals surface area contributed by atoms with Gasteiger partial charge in [-0.15, -0.1) is 0 Å². The first-order chi connectivity index (χ1) is 7.66. The average Bonchev–Trinajstić information content (AvgIpc) is 3.04. The van der Waals surface area contributed by atoms with Gasteiger partial charge in [0.25, 0.3) is 0 Å². The van der Waals surface area contributed by atoms with Crippen molar-refractivity contribution in [1.29, 1.82) is 0 Å². The Labute approximate surface area is 99.0 Å². The lowest BCUT2D eigenvalue weighted by atomic mass is 10.1. The van der Waals surface area contributed by atoms with Crippen LogP contribution in [0.15, 0.2) is 18.2 Å². The molecule has 0 spiro atoms. The molecule has 2 rings (SSSR count). The molecule has 3 nitrogen and oxygen atoms in total. The molecule has 4 heteroatoms. The lowest BCUT2D eigenvalue weighted by Gasteiger charge is -2.06. The van der Waals surface area contributed by atoms with Gasteiger partial charge >= 0.3 is 5.97 Å². The van der Waals surface area contributed by atoms with Gasteiger partial charge in [0.05, 0.1) is 12.2 Å². The number of rotatable bonds is 5. The number of ether oxygens (including phenoxy) is 1. The molecule has 1 aliphatic carbocycles. The van der Waals surface area contributed by atoms with Gasteiger partial charge in [-0.1, -0.05) is 17.7 Å². The van der Waals surface area contributed by atoms with E-state index >= 15 is 0 Å². The SMILES string of the molecule is O=C(O)c1ccc(COCC2CC2)c(Cl)c1. The van der Waals surface area contributed by atoms with Crippen molar-refractivity contribution in [3.05, 3.63) is 34.3 Å². The summed E-state index contributed by atoms with van der Waals surface area (Å²) < 4.78 is 5.49. The minimum atomic E-state index is -0.965. The van der Waals surface area contributed by atoms with E-state index in [1.807, 2.05) is 0 Å². The third kappa shape index (κ3) is 2.97. The van der Waals surface area contributed by atoms with E-state index in [2.05, 4.69) is 0 Å². The Kier molecular flexibility index (Phi) is 3.46. The number of carboxylic acid groups (broad SMARTS) is 1. The van der Waals surface area contributed by atoms with Gasteiger partial charge in [0.1, 0.15) is 0 Å². The van der Waals surface area contributed by atoms with E-state index in [0.29, 0.717) is 11.6 Å². The van der Waals surface area contributed by atoms with Gasteiger partial charge in [0.2, 0.25) is 0 Å². The number of carboxylic acids is 1. The highest BCUT2D eigenvalue weighted by Gasteiger charge is 2.21. The summed E-state index contributed by atoms with van der Waals surface area (Å²) in [4.78, 5) is 10.7. The lowest BCUT2D eigenvalue weighted by Crippen LogP contribution is -2.00. The molecular formula is C12H13ClO3. The summed E-state index contributed by atoms with van der Waals surface area (Å²) in [5, 5.41) is 9.22. The van der Waals surface area contributed by atoms with E-state index in [9.17, 15) is 4.79 Å². The number of aromatic carboxylic acids is 1. The van der Waals surface area contributed by atoms with Gasteiger partial charge in [-0.05, 0) is 36.5 Å². The minimum Gasteiger partial charge on any atom is -0.478 e. The number of hydrogen-bond donors (Lipinski definition) is 1. The topological polar surface area (TPSA) is 46.5 Å². The fourth-order valence-corrected chi connectivity index (χ4v) is 1.65. The molecule has 0 aliphatic heterocycles. The Morgan fingerprint density at radius 1 is 1.50 bits per heavy atom. The molecule has 0 radical (unpaired) electrons. The third-order valence-electron chi connectivity index (χ3n) is 2.61. The molecule has 86 valence electrons. The van der Waals surface area contributed by atoms with Crippen LogP contribution in [0.1, 0.15) is 28.8 Å². The third-order valence-corrected chi connectivity index (χ3v) is 2.96. The fraction of sp³-hybridized carbons (Fsp3) is 0.417. The van der Waals surface area contributed by atoms with Crippen LogP contribution in [0.3, 0.4) is 0 Å². The molecule has 0 saturated heterocycles. The first-order valence-corrected chi connectivity index (χ1v) is 5.64. The summed E-state index contributed by atoms with van der Waals surface area (Å²) in [5.41, 5.74) is 1.04. The van der Waals surface area contributed by atoms with E-state index in [4.69, 9.17) is 21.4 Å². The molecule has 1 aromatic carbocycles. The van der Waals surface area contributed by atoms with Crippen LogP contribution in [-0.4, -0.2) is 17.7 Å². The highest BCUT2D eigenvalue weighted by molar-refractivity contribution is 6.31. The Balaban J connectivity index is 1.95. The van der Waals surface area contributed by atoms with Crippen molar-refractivity contribution in [3.8, 4) is 0 Å². The van der Waals surface area contributed by atoms with Gasteiger partial charge in [-0.2, -0.15) is 0 Å². The largest absolute Gasteiger partial charge is 0.478 e. The molecule has 1 fully saturated rings. The Morgan fingerprint density at radius 3 is 2.81 bits per heavy atom. The van der Waals surface area contributed by atoms with E-state index in [0.717, 1.165) is 18.1 Å². The Bertz CT molecular complexity index is 399. The standard InChI is InChI=1S/C12H13ClO3/c13-11-5-9(12(14)15)3-4-10(11)7-16-6-8-1-2-8/h3-5,8H,1-2,6-7H2,(H,14,15). The van der Waals surface area contributed by atoms with Crippen molar-refractivity contribution in [1.82, 2.24) is 0 Å². The Morgan fingerprint density at radius 2 is 2.25 bits per heavy atom. The highest BCUT2D eigenvalue weighted by atomic mass is 35.5. The zero-order chi connectivity index (χ0) is 11.5. The lowest BCUT2D eigenvalue weighted by molar-refractivity contribution is 0.0696. The first kappa shape index (κ1) is 11.4. The highest BCUT2D eigenvalue weighted by Crippen LogP contribution is 2.29. The predicted molar refractivity (Wildman–Crippen MR) is 60.8 cm³/mol. The summed E-state index contributed by atoms with van der Waals surface area (Å²) >= 11 is 5.96. The molecule has 1 saturated carbocycles. The number of benzene rings is 1. The normalized spacial score (nSPS) is 15.1. The smallest absolute Gasteiger partial charge is 0.335 e. The van der Waals surface area contributed by atoms with Gasteiger partial charge in [0.15, 0.2) is 0 Å². The molecule has 1 aliphatic rings. The quantitative estimate of drug-likeness (QED) is 0.861. The number of halogens is 1. The van der Waals surface area contributed by atoms with E-state index in [1.165, 1.54) is 18.9 Å². The summed E-state index contributed by atoms with van der Waals surface area (Å²) in [5.74, 6) is -0.246. The average molecular weight is 241 g/mol. The maximum Gasteiger partial charge on any atom is 0.335 e. The van der Waals surface area contributed by atoms with Crippen molar-refractivity contribution in [2.45, 2.75) is 19.4 Å². The van der Waals surface area contributed by atoms with Crippen LogP contribution in [0.4, 0.5) is 0 Å². The van der Waals surface area contributed by atoms with Crippen molar-refractivity contribution < 1.29 is 14.6 Å². The first-order valence-electron chi connectivity index (χ1n) is 5.26. The molecule has 0 amide bonds. The van der Waals surface area contributed by atoms with E-state index in [-0.39, 0.29) is 5.56 Å². The minimum absolute atomic E-state index is 0.205. The van der Waals surface area contributed by atoms with Crippen LogP contribution < -0.4 is 0 Å². The second-order valence-corrected chi connectivity index (χ2v) is 4.48. The van der Waals surface area contributed by atoms with Crippen LogP contribution in [0.25, 0.3) is 0 Å². The van der Waals surface area contributed by atoms with Gasteiger partial charge in [0, 0.05) is 11.6 Å². The fourth-order valence-electron chi connectivity index (χ4n) is 1.42. The van der Waals surface area contributed by atoms with Crippen LogP contribution in [0.5, 0.6) is 0 Å². The predicted octanol–water partition coefficient (Wildman–Crippen LogP) is 2.96. The zero-order valence-electron chi connectivity index (χ0n) is 8.78. The molecule has 0 unspecified atom stereocenters. The molecule has 1 N–H and O–H groups in total. The van der Waals surface area contributed by atoms with Gasteiger partial charge in [-0.25, -0.2) is 4.79 Å². The summed E-state index contributed by atoms with van der Waals surface area (Å²) in [6.45, 7) is 1.23. The second kappa shape index (κ2) is 4.85.